The monoisotopic (exact) mass is 539 g/mol. The third-order valence-electron chi connectivity index (χ3n) is 5.43. The molecule has 0 spiro atoms. The summed E-state index contributed by atoms with van der Waals surface area (Å²) in [5.41, 5.74) is 1.03. The summed E-state index contributed by atoms with van der Waals surface area (Å²) in [4.78, 5) is 7.58. The van der Waals surface area contributed by atoms with Crippen molar-refractivity contribution in [1.82, 2.24) is 25.0 Å². The minimum atomic E-state index is -1.89. The van der Waals surface area contributed by atoms with E-state index in [4.69, 9.17) is 11.6 Å². The molecule has 2 N–H and O–H groups in total. The molecule has 0 saturated heterocycles. The molecule has 8 nitrogen and oxygen atoms in total. The number of nitriles is 1. The van der Waals surface area contributed by atoms with Crippen LogP contribution < -0.4 is 10.6 Å². The van der Waals surface area contributed by atoms with Crippen molar-refractivity contribution >= 4 is 39.6 Å². The van der Waals surface area contributed by atoms with Gasteiger partial charge >= 0.3 is 0 Å². The lowest BCUT2D eigenvalue weighted by molar-refractivity contribution is 0.343. The van der Waals surface area contributed by atoms with Crippen LogP contribution in [0, 0.1) is 28.9 Å². The number of nitrogens with one attached hydrogen (secondary N) is 2. The second-order valence-corrected chi connectivity index (χ2v) is 8.31. The molecule has 190 valence electrons. The Morgan fingerprint density at radius 1 is 1.08 bits per heavy atom. The molecule has 3 heterocycles. The third-order valence-corrected chi connectivity index (χ3v) is 5.72. The zero-order valence-electron chi connectivity index (χ0n) is 20.1. The fourth-order valence-corrected chi connectivity index (χ4v) is 3.97. The highest BCUT2D eigenvalue weighted by molar-refractivity contribution is 6.36. The first kappa shape index (κ1) is 23.6. The molecule has 38 heavy (non-hydrogen) atoms. The maximum absolute atomic E-state index is 13.8. The molecule has 0 aliphatic carbocycles. The van der Waals surface area contributed by atoms with Crippen molar-refractivity contribution in [3.8, 4) is 6.07 Å². The molecule has 0 saturated carbocycles. The van der Waals surface area contributed by atoms with Gasteiger partial charge in [-0.3, -0.25) is 4.98 Å². The largest absolute Gasteiger partial charge is 0.373 e. The number of aromatic nitrogens is 5. The van der Waals surface area contributed by atoms with E-state index in [1.165, 1.54) is 36.7 Å². The molecule has 0 amide bonds. The molecule has 5 aromatic rings. The van der Waals surface area contributed by atoms with Crippen molar-refractivity contribution in [2.24, 2.45) is 0 Å². The molecule has 0 aliphatic heterocycles. The molecule has 1 atom stereocenters. The van der Waals surface area contributed by atoms with Crippen molar-refractivity contribution < 1.29 is 18.9 Å². The molecule has 0 unspecified atom stereocenters. The number of alkyl halides is 1. The Kier molecular flexibility index (Phi) is 6.41. The van der Waals surface area contributed by atoms with E-state index >= 15 is 0 Å². The first-order chi connectivity index (χ1) is 18.7. The number of rotatable bonds is 7. The molecule has 2 aromatic carbocycles. The van der Waals surface area contributed by atoms with Gasteiger partial charge in [-0.1, -0.05) is 28.9 Å². The van der Waals surface area contributed by atoms with Crippen LogP contribution in [0.2, 0.25) is 5.02 Å². The summed E-state index contributed by atoms with van der Waals surface area (Å²) in [7, 11) is 0. The summed E-state index contributed by atoms with van der Waals surface area (Å²) in [6.45, 7) is -0.981. The van der Waals surface area contributed by atoms with Crippen molar-refractivity contribution in [3.05, 3.63) is 100 Å². The first-order valence-corrected chi connectivity index (χ1v) is 11.2. The van der Waals surface area contributed by atoms with Crippen LogP contribution in [0.4, 0.5) is 34.6 Å². The van der Waals surface area contributed by atoms with Crippen molar-refractivity contribution in [1.29, 1.82) is 5.26 Å². The van der Waals surface area contributed by atoms with Gasteiger partial charge in [0, 0.05) is 23.3 Å². The van der Waals surface area contributed by atoms with Gasteiger partial charge in [0.2, 0.25) is 5.95 Å². The first-order valence-electron chi connectivity index (χ1n) is 11.3. The van der Waals surface area contributed by atoms with E-state index in [0.29, 0.717) is 5.39 Å². The third kappa shape index (κ3) is 4.91. The molecule has 0 aliphatic rings. The Balaban J connectivity index is 1.65. The van der Waals surface area contributed by atoms with Crippen molar-refractivity contribution in [2.75, 3.05) is 10.6 Å². The lowest BCUT2D eigenvalue weighted by Crippen LogP contribution is -2.13. The average Bonchev–Trinajstić information content (AvgIpc) is 3.42. The minimum Gasteiger partial charge on any atom is -0.373 e. The van der Waals surface area contributed by atoms with E-state index in [2.05, 4.69) is 30.9 Å². The van der Waals surface area contributed by atoms with Gasteiger partial charge in [0.15, 0.2) is 12.6 Å². The molecule has 0 radical (unpaired) electrons. The summed E-state index contributed by atoms with van der Waals surface area (Å²) in [6, 6.07) is 9.01. The van der Waals surface area contributed by atoms with E-state index in [0.717, 1.165) is 29.1 Å². The zero-order valence-corrected chi connectivity index (χ0v) is 19.8. The fraction of sp³-hybridized carbons (Fsp3) is 0.0800. The van der Waals surface area contributed by atoms with Crippen LogP contribution in [0.3, 0.4) is 0 Å². The van der Waals surface area contributed by atoms with Gasteiger partial charge in [-0.25, -0.2) is 22.8 Å². The smallest absolute Gasteiger partial charge is 0.249 e. The average molecular weight is 540 g/mol. The normalized spacial score (nSPS) is 13.0. The lowest BCUT2D eigenvalue weighted by atomic mass is 10.0. The van der Waals surface area contributed by atoms with Gasteiger partial charge in [0.25, 0.3) is 0 Å². The van der Waals surface area contributed by atoms with Gasteiger partial charge in [-0.2, -0.15) is 9.65 Å². The summed E-state index contributed by atoms with van der Waals surface area (Å²) >= 11 is 6.52. The summed E-state index contributed by atoms with van der Waals surface area (Å²) in [5, 5.41) is 23.5. The number of pyridine rings is 2. The van der Waals surface area contributed by atoms with E-state index in [9.17, 15) is 24.2 Å². The molecule has 13 heteroatoms. The molecule has 5 rings (SSSR count). The summed E-state index contributed by atoms with van der Waals surface area (Å²) in [6.07, 6.45) is 3.54. The van der Waals surface area contributed by atoms with Gasteiger partial charge in [0.1, 0.15) is 17.6 Å². The molecule has 0 fully saturated rings. The fourth-order valence-electron chi connectivity index (χ4n) is 3.70. The molecule has 0 bridgehead atoms. The Bertz CT molecular complexity index is 1740. The second-order valence-electron chi connectivity index (χ2n) is 7.90. The van der Waals surface area contributed by atoms with Crippen LogP contribution in [0.15, 0.2) is 61.1 Å². The quantitative estimate of drug-likeness (QED) is 0.192. The number of hydrogen-bond donors (Lipinski definition) is 2. The molecule has 3 aromatic heterocycles. The van der Waals surface area contributed by atoms with E-state index < -0.39 is 30.4 Å². The van der Waals surface area contributed by atoms with Gasteiger partial charge in [-0.15, -0.1) is 5.10 Å². The van der Waals surface area contributed by atoms with Crippen LogP contribution in [0.5, 0.6) is 0 Å². The van der Waals surface area contributed by atoms with Gasteiger partial charge < -0.3 is 10.6 Å². The summed E-state index contributed by atoms with van der Waals surface area (Å²) < 4.78 is 64.2. The van der Waals surface area contributed by atoms with E-state index in [1.807, 2.05) is 6.07 Å². The number of fused-ring (bicyclic) bond motifs is 1. The predicted octanol–water partition coefficient (Wildman–Crippen LogP) is 6.04. The van der Waals surface area contributed by atoms with Crippen molar-refractivity contribution in [2.45, 2.75) is 12.8 Å². The number of nitrogens with zero attached hydrogens (tertiary/aromatic N) is 6. The maximum atomic E-state index is 13.8. The Labute approximate surface area is 218 Å². The van der Waals surface area contributed by atoms with E-state index in [-0.39, 0.29) is 44.4 Å². The van der Waals surface area contributed by atoms with Crippen LogP contribution in [-0.4, -0.2) is 25.0 Å². The number of halogens is 5. The van der Waals surface area contributed by atoms with Crippen LogP contribution >= 0.6 is 11.6 Å². The standard InChI is InChI=1S/C25H15ClF4N8/c26-19-6-16(34-23(13-1-3-15(28)4-2-13)21-11-38(12-27)37-36-21)5-18-22(14(8-31)9-32-24(18)19)35-17-7-20(29)25(30)33-10-17/h1-7,9-11,23,34H,12H2,(H,32,35)/t23-/m0/s1/i23D. The topological polar surface area (TPSA) is 104 Å². The van der Waals surface area contributed by atoms with Crippen LogP contribution in [0.1, 0.15) is 24.2 Å². The van der Waals surface area contributed by atoms with Gasteiger partial charge in [-0.05, 0) is 29.8 Å². The SMILES string of the molecule is [2H][C@](Nc1cc(Cl)c2ncc(C#N)c(Nc3cnc(F)c(F)c3)c2c1)(c1ccc(F)cc1)c1cn(CF)nn1. The van der Waals surface area contributed by atoms with Crippen molar-refractivity contribution in [3.63, 3.8) is 0 Å². The Morgan fingerprint density at radius 2 is 1.87 bits per heavy atom. The van der Waals surface area contributed by atoms with Crippen LogP contribution in [-0.2, 0) is 6.80 Å². The number of hydrogen-bond acceptors (Lipinski definition) is 7. The highest BCUT2D eigenvalue weighted by atomic mass is 35.5. The number of benzene rings is 2. The Morgan fingerprint density at radius 3 is 2.55 bits per heavy atom. The zero-order chi connectivity index (χ0) is 27.7. The van der Waals surface area contributed by atoms with Gasteiger partial charge in [0.05, 0.1) is 47.3 Å². The highest BCUT2D eigenvalue weighted by Gasteiger charge is 2.20. The summed E-state index contributed by atoms with van der Waals surface area (Å²) in [5.74, 6) is -3.01. The predicted molar refractivity (Wildman–Crippen MR) is 132 cm³/mol. The lowest BCUT2D eigenvalue weighted by Gasteiger charge is -2.20. The second kappa shape index (κ2) is 10.3. The number of anilines is 3. The highest BCUT2D eigenvalue weighted by Crippen LogP contribution is 2.36. The Hall–Kier alpha value is -4.76. The molecular formula is C25H15ClF4N8. The molecular weight excluding hydrogens is 524 g/mol. The van der Waals surface area contributed by atoms with E-state index in [1.54, 1.807) is 0 Å². The minimum absolute atomic E-state index is 0.00177. The maximum Gasteiger partial charge on any atom is 0.249 e. The van der Waals surface area contributed by atoms with Crippen LogP contribution in [0.25, 0.3) is 10.9 Å².